The van der Waals surface area contributed by atoms with Gasteiger partial charge in [0.1, 0.15) is 5.82 Å². The summed E-state index contributed by atoms with van der Waals surface area (Å²) in [6.07, 6.45) is 0. The van der Waals surface area contributed by atoms with Crippen molar-refractivity contribution < 1.29 is 8.42 Å². The number of benzene rings is 1. The minimum Gasteiger partial charge on any atom is -0.326 e. The molecule has 2 aromatic rings. The Morgan fingerprint density at radius 2 is 1.79 bits per heavy atom. The van der Waals surface area contributed by atoms with Gasteiger partial charge in [0.2, 0.25) is 0 Å². The minimum atomic E-state index is -3.88. The molecule has 0 atom stereocenters. The van der Waals surface area contributed by atoms with Gasteiger partial charge < -0.3 is 5.73 Å². The number of rotatable bonds is 3. The van der Waals surface area contributed by atoms with Crippen LogP contribution in [0.25, 0.3) is 11.3 Å². The first kappa shape index (κ1) is 13.7. The van der Waals surface area contributed by atoms with Crippen molar-refractivity contribution in [2.75, 3.05) is 0 Å². The summed E-state index contributed by atoms with van der Waals surface area (Å²) in [5, 5.41) is 5.24. The maximum atomic E-state index is 11.7. The van der Waals surface area contributed by atoms with Gasteiger partial charge in [0, 0.05) is 12.1 Å². The molecule has 4 N–H and O–H groups in total. The van der Waals surface area contributed by atoms with Gasteiger partial charge in [-0.3, -0.25) is 0 Å². The molecule has 0 amide bonds. The lowest BCUT2D eigenvalue weighted by Gasteiger charge is -2.09. The van der Waals surface area contributed by atoms with Gasteiger partial charge in [0.15, 0.2) is 0 Å². The highest BCUT2D eigenvalue weighted by molar-refractivity contribution is 7.87. The van der Waals surface area contributed by atoms with Crippen LogP contribution in [-0.2, 0) is 16.8 Å². The van der Waals surface area contributed by atoms with Crippen molar-refractivity contribution in [1.29, 1.82) is 0 Å². The van der Waals surface area contributed by atoms with Gasteiger partial charge >= 0.3 is 10.2 Å². The molecule has 2 rings (SSSR count). The van der Waals surface area contributed by atoms with Crippen LogP contribution in [0.15, 0.2) is 24.3 Å². The van der Waals surface area contributed by atoms with E-state index in [-0.39, 0.29) is 0 Å². The predicted molar refractivity (Wildman–Crippen MR) is 73.5 cm³/mol. The van der Waals surface area contributed by atoms with Crippen LogP contribution in [0, 0.1) is 13.8 Å². The summed E-state index contributed by atoms with van der Waals surface area (Å²) in [5.41, 5.74) is 8.36. The van der Waals surface area contributed by atoms with Gasteiger partial charge in [-0.15, -0.1) is 0 Å². The maximum absolute atomic E-state index is 11.7. The van der Waals surface area contributed by atoms with Gasteiger partial charge in [-0.1, -0.05) is 24.3 Å². The van der Waals surface area contributed by atoms with Crippen LogP contribution in [0.1, 0.15) is 17.1 Å². The van der Waals surface area contributed by atoms with Crippen molar-refractivity contribution >= 4 is 10.2 Å². The number of imidazole rings is 1. The lowest BCUT2D eigenvalue weighted by molar-refractivity contribution is 0.588. The Bertz CT molecular complexity index is 702. The zero-order valence-electron chi connectivity index (χ0n) is 10.8. The van der Waals surface area contributed by atoms with Crippen LogP contribution in [0.3, 0.4) is 0 Å². The molecule has 0 saturated heterocycles. The molecule has 0 aliphatic rings. The van der Waals surface area contributed by atoms with Gasteiger partial charge in [0.05, 0.1) is 11.4 Å². The fourth-order valence-electron chi connectivity index (χ4n) is 2.09. The van der Waals surface area contributed by atoms with Gasteiger partial charge in [-0.05, 0) is 19.4 Å². The van der Waals surface area contributed by atoms with Crippen LogP contribution < -0.4 is 10.9 Å². The molecule has 0 bridgehead atoms. The van der Waals surface area contributed by atoms with Crippen molar-refractivity contribution in [3.63, 3.8) is 0 Å². The van der Waals surface area contributed by atoms with E-state index in [1.54, 1.807) is 13.8 Å². The van der Waals surface area contributed by atoms with Gasteiger partial charge in [-0.25, -0.2) is 14.1 Å². The summed E-state index contributed by atoms with van der Waals surface area (Å²) in [7, 11) is -3.88. The average molecular weight is 280 g/mol. The molecule has 19 heavy (non-hydrogen) atoms. The van der Waals surface area contributed by atoms with Crippen molar-refractivity contribution in [2.24, 2.45) is 10.9 Å². The van der Waals surface area contributed by atoms with E-state index in [1.807, 2.05) is 24.3 Å². The molecule has 1 aromatic heterocycles. The number of nitrogens with zero attached hydrogens (tertiary/aromatic N) is 2. The van der Waals surface area contributed by atoms with Gasteiger partial charge in [0.25, 0.3) is 0 Å². The number of aryl methyl sites for hydroxylation is 2. The van der Waals surface area contributed by atoms with Crippen LogP contribution in [-0.4, -0.2) is 17.4 Å². The molecular weight excluding hydrogens is 264 g/mol. The second-order valence-electron chi connectivity index (χ2n) is 4.30. The topological polar surface area (TPSA) is 104 Å². The molecule has 6 nitrogen and oxygen atoms in total. The van der Waals surface area contributed by atoms with Gasteiger partial charge in [-0.2, -0.15) is 8.42 Å². The van der Waals surface area contributed by atoms with E-state index in [0.29, 0.717) is 23.8 Å². The zero-order valence-corrected chi connectivity index (χ0v) is 11.6. The van der Waals surface area contributed by atoms with Crippen molar-refractivity contribution in [1.82, 2.24) is 8.96 Å². The fourth-order valence-corrected chi connectivity index (χ4v) is 2.99. The van der Waals surface area contributed by atoms with Crippen molar-refractivity contribution in [2.45, 2.75) is 20.4 Å². The Hall–Kier alpha value is -1.70. The first-order valence-corrected chi connectivity index (χ1v) is 7.23. The third kappa shape index (κ3) is 2.53. The molecular formula is C12H16N4O2S. The number of hydrogen-bond acceptors (Lipinski definition) is 4. The highest BCUT2D eigenvalue weighted by atomic mass is 32.2. The summed E-state index contributed by atoms with van der Waals surface area (Å²) < 4.78 is 24.4. The molecule has 0 unspecified atom stereocenters. The molecule has 0 aliphatic heterocycles. The smallest absolute Gasteiger partial charge is 0.304 e. The number of aromatic nitrogens is 2. The van der Waals surface area contributed by atoms with E-state index in [4.69, 9.17) is 10.9 Å². The minimum absolute atomic E-state index is 0.345. The highest BCUT2D eigenvalue weighted by Crippen LogP contribution is 2.25. The largest absolute Gasteiger partial charge is 0.326 e. The Kier molecular flexibility index (Phi) is 3.44. The molecule has 102 valence electrons. The second-order valence-corrected chi connectivity index (χ2v) is 5.70. The lowest BCUT2D eigenvalue weighted by Crippen LogP contribution is -2.23. The first-order chi connectivity index (χ1) is 8.84. The Labute approximate surface area is 112 Å². The molecule has 0 saturated carbocycles. The SMILES string of the molecule is Cc1nc(C)n(S(N)(=O)=O)c1-c1ccc(CN)cc1. The Balaban J connectivity index is 2.68. The van der Waals surface area contributed by atoms with Crippen molar-refractivity contribution in [3.8, 4) is 11.3 Å². The van der Waals surface area contributed by atoms with Crippen LogP contribution >= 0.6 is 0 Å². The highest BCUT2D eigenvalue weighted by Gasteiger charge is 2.20. The van der Waals surface area contributed by atoms with Crippen LogP contribution in [0.2, 0.25) is 0 Å². The third-order valence-corrected chi connectivity index (χ3v) is 3.84. The quantitative estimate of drug-likeness (QED) is 0.862. The zero-order chi connectivity index (χ0) is 14.2. The van der Waals surface area contributed by atoms with E-state index in [9.17, 15) is 8.42 Å². The summed E-state index contributed by atoms with van der Waals surface area (Å²) in [5.74, 6) is 0.345. The summed E-state index contributed by atoms with van der Waals surface area (Å²) in [6, 6.07) is 7.33. The van der Waals surface area contributed by atoms with Crippen molar-refractivity contribution in [3.05, 3.63) is 41.3 Å². The molecule has 0 radical (unpaired) electrons. The molecule has 1 aromatic carbocycles. The second kappa shape index (κ2) is 4.76. The van der Waals surface area contributed by atoms with E-state index < -0.39 is 10.2 Å². The molecule has 7 heteroatoms. The Morgan fingerprint density at radius 1 is 1.21 bits per heavy atom. The molecule has 1 heterocycles. The summed E-state index contributed by atoms with van der Waals surface area (Å²) in [6.45, 7) is 3.79. The average Bonchev–Trinajstić information content (AvgIpc) is 2.64. The molecule has 0 spiro atoms. The molecule has 0 aliphatic carbocycles. The third-order valence-electron chi connectivity index (χ3n) is 2.89. The monoisotopic (exact) mass is 280 g/mol. The summed E-state index contributed by atoms with van der Waals surface area (Å²) in [4.78, 5) is 4.18. The van der Waals surface area contributed by atoms with E-state index in [0.717, 1.165) is 15.1 Å². The van der Waals surface area contributed by atoms with E-state index in [1.165, 1.54) is 0 Å². The van der Waals surface area contributed by atoms with Crippen LogP contribution in [0.5, 0.6) is 0 Å². The Morgan fingerprint density at radius 3 is 2.26 bits per heavy atom. The van der Waals surface area contributed by atoms with E-state index >= 15 is 0 Å². The predicted octanol–water partition coefficient (Wildman–Crippen LogP) is 0.677. The van der Waals surface area contributed by atoms with E-state index in [2.05, 4.69) is 4.98 Å². The summed E-state index contributed by atoms with van der Waals surface area (Å²) >= 11 is 0. The molecule has 0 fully saturated rings. The normalized spacial score (nSPS) is 11.8. The number of nitrogens with two attached hydrogens (primary N) is 2. The standard InChI is InChI=1S/C12H16N4O2S/c1-8-12(11-5-3-10(7-13)4-6-11)16(9(2)15-8)19(14,17)18/h3-6H,7,13H2,1-2H3,(H2,14,17,18). The number of hydrogen-bond donors (Lipinski definition) is 2. The van der Waals surface area contributed by atoms with Crippen LogP contribution in [0.4, 0.5) is 0 Å². The lowest BCUT2D eigenvalue weighted by atomic mass is 10.1. The first-order valence-electron chi connectivity index (χ1n) is 5.73. The maximum Gasteiger partial charge on any atom is 0.304 e. The fraction of sp³-hybridized carbons (Fsp3) is 0.250.